The van der Waals surface area contributed by atoms with Gasteiger partial charge in [-0.15, -0.1) is 0 Å². The minimum atomic E-state index is -4.61. The Bertz CT molecular complexity index is 2250. The van der Waals surface area contributed by atoms with E-state index in [-0.39, 0.29) is 48.9 Å². The first kappa shape index (κ1) is 42.8. The Labute approximate surface area is 338 Å². The smallest absolute Gasteiger partial charge is 0.408 e. The zero-order valence-electron chi connectivity index (χ0n) is 33.1. The van der Waals surface area contributed by atoms with Gasteiger partial charge in [0, 0.05) is 47.3 Å². The highest BCUT2D eigenvalue weighted by Crippen LogP contribution is 2.43. The maximum absolute atomic E-state index is 14.5. The lowest BCUT2D eigenvalue weighted by molar-refractivity contribution is -0.150. The van der Waals surface area contributed by atoms with Gasteiger partial charge in [-0.2, -0.15) is 13.2 Å². The number of fused-ring (bicyclic) bond motifs is 1. The van der Waals surface area contributed by atoms with Crippen molar-refractivity contribution in [2.24, 2.45) is 5.41 Å². The van der Waals surface area contributed by atoms with E-state index in [0.29, 0.717) is 34.2 Å². The SMILES string of the molecule is CO[C@@H](C)c1ncccc1-c1c(CC(C)(C)COC(=O)[C@@H]2CCCNN2)c2cc(-c3coc(C[C@H](NC(=O)OCc4ccccc4)C(=O)O)n3)ccc2n1CC(F)(F)F. The summed E-state index contributed by atoms with van der Waals surface area (Å²) in [7, 11) is 1.49. The number of hydrazine groups is 1. The van der Waals surface area contributed by atoms with Gasteiger partial charge in [-0.3, -0.25) is 15.2 Å². The molecule has 5 aromatic rings. The van der Waals surface area contributed by atoms with Crippen molar-refractivity contribution in [2.45, 2.75) is 84.0 Å². The van der Waals surface area contributed by atoms with Gasteiger partial charge in [0.15, 0.2) is 5.89 Å². The summed E-state index contributed by atoms with van der Waals surface area (Å²) < 4.78 is 67.0. The number of esters is 1. The van der Waals surface area contributed by atoms with Crippen molar-refractivity contribution >= 4 is 28.9 Å². The summed E-state index contributed by atoms with van der Waals surface area (Å²) in [4.78, 5) is 46.6. The second-order valence-corrected chi connectivity index (χ2v) is 15.2. The van der Waals surface area contributed by atoms with Gasteiger partial charge in [-0.1, -0.05) is 50.2 Å². The third kappa shape index (κ3) is 10.8. The number of halogens is 3. The Morgan fingerprint density at radius 2 is 1.86 bits per heavy atom. The van der Waals surface area contributed by atoms with Crippen LogP contribution in [0.25, 0.3) is 33.4 Å². The van der Waals surface area contributed by atoms with Crippen LogP contribution >= 0.6 is 0 Å². The summed E-state index contributed by atoms with van der Waals surface area (Å²) >= 11 is 0. The average Bonchev–Trinajstić information content (AvgIpc) is 3.80. The van der Waals surface area contributed by atoms with Crippen LogP contribution in [0.5, 0.6) is 0 Å². The van der Waals surface area contributed by atoms with E-state index < -0.39 is 54.4 Å². The molecule has 59 heavy (non-hydrogen) atoms. The third-order valence-corrected chi connectivity index (χ3v) is 9.98. The molecule has 6 rings (SSSR count). The highest BCUT2D eigenvalue weighted by molar-refractivity contribution is 5.95. The van der Waals surface area contributed by atoms with E-state index >= 15 is 0 Å². The Kier molecular flexibility index (Phi) is 13.4. The number of methoxy groups -OCH3 is 1. The number of nitrogens with one attached hydrogen (secondary N) is 3. The van der Waals surface area contributed by atoms with Crippen LogP contribution in [0.3, 0.4) is 0 Å². The monoisotopic (exact) mass is 820 g/mol. The van der Waals surface area contributed by atoms with Crippen LogP contribution in [0.4, 0.5) is 18.0 Å². The quantitative estimate of drug-likeness (QED) is 0.0757. The summed E-state index contributed by atoms with van der Waals surface area (Å²) in [5.41, 5.74) is 8.63. The number of oxazole rings is 1. The van der Waals surface area contributed by atoms with Gasteiger partial charge in [0.05, 0.1) is 30.5 Å². The molecule has 0 radical (unpaired) electrons. The lowest BCUT2D eigenvalue weighted by Crippen LogP contribution is -2.50. The van der Waals surface area contributed by atoms with Crippen LogP contribution in [0.2, 0.25) is 0 Å². The third-order valence-electron chi connectivity index (χ3n) is 9.98. The van der Waals surface area contributed by atoms with Gasteiger partial charge in [-0.25, -0.2) is 20.0 Å². The standard InChI is InChI=1S/C42H47F3N6O8/c1-25(56-4)36-28(12-8-16-46-36)37-30(20-41(2,3)24-59-39(54)31-13-9-17-47-50-31)29-18-27(14-15-34(29)51(37)23-42(43,44)45)33-22-57-35(48-33)19-32(38(52)53)49-40(55)58-21-26-10-6-5-7-11-26/h5-8,10-12,14-16,18,22,25,31-32,47,50H,9,13,17,19-21,23-24H2,1-4H3,(H,49,55)(H,52,53)/t25-,31-,32-/m0/s1. The van der Waals surface area contributed by atoms with E-state index in [1.54, 1.807) is 67.7 Å². The minimum Gasteiger partial charge on any atom is -0.480 e. The van der Waals surface area contributed by atoms with Gasteiger partial charge in [0.1, 0.15) is 37.2 Å². The molecule has 1 aliphatic heterocycles. The van der Waals surface area contributed by atoms with E-state index in [0.717, 1.165) is 18.5 Å². The van der Waals surface area contributed by atoms with Crippen LogP contribution in [0.15, 0.2) is 77.5 Å². The van der Waals surface area contributed by atoms with Gasteiger partial charge in [0.2, 0.25) is 0 Å². The molecule has 2 aromatic carbocycles. The average molecular weight is 821 g/mol. The summed E-state index contributed by atoms with van der Waals surface area (Å²) in [5, 5.41) is 12.7. The number of alkyl halides is 3. The van der Waals surface area contributed by atoms with E-state index in [4.69, 9.17) is 18.6 Å². The number of hydrogen-bond donors (Lipinski definition) is 4. The fourth-order valence-corrected chi connectivity index (χ4v) is 7.02. The van der Waals surface area contributed by atoms with Gasteiger partial charge in [0.25, 0.3) is 0 Å². The number of amides is 1. The molecule has 17 heteroatoms. The maximum atomic E-state index is 14.5. The number of rotatable bonds is 16. The van der Waals surface area contributed by atoms with Crippen molar-refractivity contribution in [3.63, 3.8) is 0 Å². The Morgan fingerprint density at radius 3 is 2.56 bits per heavy atom. The van der Waals surface area contributed by atoms with E-state index in [2.05, 4.69) is 26.1 Å². The number of carboxylic acids is 1. The van der Waals surface area contributed by atoms with Crippen molar-refractivity contribution < 1.29 is 51.3 Å². The van der Waals surface area contributed by atoms with E-state index in [1.165, 1.54) is 17.9 Å². The number of carbonyl (C=O) groups excluding carboxylic acids is 2. The number of aliphatic carboxylic acids is 1. The molecule has 3 atom stereocenters. The molecule has 0 spiro atoms. The van der Waals surface area contributed by atoms with Crippen molar-refractivity contribution in [3.05, 3.63) is 95.8 Å². The predicted molar refractivity (Wildman–Crippen MR) is 210 cm³/mol. The molecule has 4 heterocycles. The number of ether oxygens (including phenoxy) is 3. The minimum absolute atomic E-state index is 0.00873. The zero-order chi connectivity index (χ0) is 42.3. The van der Waals surface area contributed by atoms with Gasteiger partial charge < -0.3 is 33.6 Å². The maximum Gasteiger partial charge on any atom is 0.408 e. The van der Waals surface area contributed by atoms with Crippen molar-refractivity contribution in [1.29, 1.82) is 0 Å². The first-order chi connectivity index (χ1) is 28.1. The predicted octanol–water partition coefficient (Wildman–Crippen LogP) is 6.92. The number of benzene rings is 2. The summed E-state index contributed by atoms with van der Waals surface area (Å²) in [6.07, 6.45) is -2.00. The second kappa shape index (κ2) is 18.4. The molecule has 0 unspecified atom stereocenters. The Hall–Kier alpha value is -5.78. The van der Waals surface area contributed by atoms with Crippen LogP contribution < -0.4 is 16.2 Å². The number of hydrogen-bond acceptors (Lipinski definition) is 11. The summed E-state index contributed by atoms with van der Waals surface area (Å²) in [5.74, 6) is -1.78. The van der Waals surface area contributed by atoms with E-state index in [1.807, 2.05) is 19.9 Å². The summed E-state index contributed by atoms with van der Waals surface area (Å²) in [6, 6.07) is 15.2. The molecule has 314 valence electrons. The summed E-state index contributed by atoms with van der Waals surface area (Å²) in [6.45, 7) is 4.85. The molecule has 3 aromatic heterocycles. The lowest BCUT2D eigenvalue weighted by atomic mass is 9.84. The lowest BCUT2D eigenvalue weighted by Gasteiger charge is -2.28. The molecule has 0 aliphatic carbocycles. The Balaban J connectivity index is 1.36. The molecular formula is C42H47F3N6O8. The molecule has 4 N–H and O–H groups in total. The molecule has 0 saturated carbocycles. The molecular weight excluding hydrogens is 773 g/mol. The first-order valence-corrected chi connectivity index (χ1v) is 19.1. The molecule has 1 amide bonds. The number of aromatic nitrogens is 3. The zero-order valence-corrected chi connectivity index (χ0v) is 33.1. The highest BCUT2D eigenvalue weighted by Gasteiger charge is 2.35. The number of pyridine rings is 1. The molecule has 14 nitrogen and oxygen atoms in total. The van der Waals surface area contributed by atoms with Crippen LogP contribution in [-0.2, 0) is 49.8 Å². The van der Waals surface area contributed by atoms with Gasteiger partial charge >= 0.3 is 24.2 Å². The first-order valence-electron chi connectivity index (χ1n) is 19.1. The number of carboxylic acid groups (broad SMARTS) is 1. The van der Waals surface area contributed by atoms with Crippen LogP contribution in [-0.4, -0.2) is 76.2 Å². The van der Waals surface area contributed by atoms with Crippen molar-refractivity contribution in [2.75, 3.05) is 20.3 Å². The Morgan fingerprint density at radius 1 is 1.08 bits per heavy atom. The molecule has 0 bridgehead atoms. The van der Waals surface area contributed by atoms with Crippen LogP contribution in [0, 0.1) is 5.41 Å². The molecule has 1 saturated heterocycles. The number of alkyl carbamates (subject to hydrolysis) is 1. The van der Waals surface area contributed by atoms with Crippen LogP contribution in [0.1, 0.15) is 62.4 Å². The second-order valence-electron chi connectivity index (χ2n) is 15.2. The fraction of sp³-hybridized carbons (Fsp3) is 0.405. The number of nitrogens with zero attached hydrogens (tertiary/aromatic N) is 3. The fourth-order valence-electron chi connectivity index (χ4n) is 7.02. The molecule has 1 fully saturated rings. The number of carbonyl (C=O) groups is 3. The van der Waals surface area contributed by atoms with Crippen molar-refractivity contribution in [1.82, 2.24) is 30.7 Å². The van der Waals surface area contributed by atoms with Crippen molar-refractivity contribution in [3.8, 4) is 22.5 Å². The highest BCUT2D eigenvalue weighted by atomic mass is 19.4. The van der Waals surface area contributed by atoms with E-state index in [9.17, 15) is 32.7 Å². The normalized spacial score (nSPS) is 15.7. The van der Waals surface area contributed by atoms with Gasteiger partial charge in [-0.05, 0) is 61.6 Å². The topological polar surface area (TPSA) is 179 Å². The molecule has 1 aliphatic rings. The largest absolute Gasteiger partial charge is 0.480 e.